The lowest BCUT2D eigenvalue weighted by molar-refractivity contribution is 0.891. The molecule has 0 aliphatic rings. The molecule has 0 heterocycles. The largest absolute Gasteiger partial charge is 0.370 e. The number of anilines is 1. The molecule has 0 aliphatic carbocycles. The van der Waals surface area contributed by atoms with Crippen LogP contribution in [0.15, 0.2) is 29.8 Å². The normalized spacial score (nSPS) is 9.26. The molecule has 0 atom stereocenters. The lowest BCUT2D eigenvalue weighted by Gasteiger charge is -2.23. The van der Waals surface area contributed by atoms with E-state index in [2.05, 4.69) is 50.1 Å². The first-order valence-electron chi connectivity index (χ1n) is 5.74. The summed E-state index contributed by atoms with van der Waals surface area (Å²) in [5.41, 5.74) is 2.19. The SMILES string of the molecule is N#CC(C#N)=Cc1ccc(N(CCI)CCI)cc1. The number of alkyl halides is 2. The predicted molar refractivity (Wildman–Crippen MR) is 95.6 cm³/mol. The lowest BCUT2D eigenvalue weighted by atomic mass is 10.1. The van der Waals surface area contributed by atoms with E-state index in [9.17, 15) is 0 Å². The first-order chi connectivity index (χ1) is 9.24. The van der Waals surface area contributed by atoms with Crippen LogP contribution < -0.4 is 4.90 Å². The van der Waals surface area contributed by atoms with Gasteiger partial charge in [-0.15, -0.1) is 0 Å². The molecule has 1 aromatic carbocycles. The molecule has 0 saturated heterocycles. The van der Waals surface area contributed by atoms with E-state index in [1.807, 2.05) is 36.4 Å². The number of hydrogen-bond acceptors (Lipinski definition) is 3. The van der Waals surface area contributed by atoms with Gasteiger partial charge >= 0.3 is 0 Å². The van der Waals surface area contributed by atoms with Crippen molar-refractivity contribution >= 4 is 56.9 Å². The minimum absolute atomic E-state index is 0.129. The molecule has 19 heavy (non-hydrogen) atoms. The van der Waals surface area contributed by atoms with Crippen LogP contribution in [-0.2, 0) is 0 Å². The highest BCUT2D eigenvalue weighted by atomic mass is 127. The fourth-order valence-corrected chi connectivity index (χ4v) is 2.78. The summed E-state index contributed by atoms with van der Waals surface area (Å²) in [4.78, 5) is 2.34. The average molecular weight is 477 g/mol. The van der Waals surface area contributed by atoms with Crippen molar-refractivity contribution < 1.29 is 0 Å². The molecule has 0 unspecified atom stereocenters. The van der Waals surface area contributed by atoms with E-state index < -0.39 is 0 Å². The van der Waals surface area contributed by atoms with Crippen molar-refractivity contribution in [3.05, 3.63) is 35.4 Å². The smallest absolute Gasteiger partial charge is 0.130 e. The summed E-state index contributed by atoms with van der Waals surface area (Å²) in [6.45, 7) is 2.06. The van der Waals surface area contributed by atoms with Crippen molar-refractivity contribution in [1.29, 1.82) is 10.5 Å². The number of nitriles is 2. The molecular weight excluding hydrogens is 464 g/mol. The summed E-state index contributed by atoms with van der Waals surface area (Å²) in [6.07, 6.45) is 1.60. The second kappa shape index (κ2) is 9.16. The second-order valence-electron chi connectivity index (χ2n) is 3.74. The molecule has 0 aliphatic heterocycles. The van der Waals surface area contributed by atoms with E-state index in [-0.39, 0.29) is 5.57 Å². The summed E-state index contributed by atoms with van der Waals surface area (Å²) >= 11 is 4.75. The van der Waals surface area contributed by atoms with Crippen LogP contribution in [0.4, 0.5) is 5.69 Å². The summed E-state index contributed by atoms with van der Waals surface area (Å²) in [6, 6.07) is 11.7. The molecule has 0 bridgehead atoms. The zero-order valence-electron chi connectivity index (χ0n) is 10.3. The van der Waals surface area contributed by atoms with E-state index in [1.165, 1.54) is 5.69 Å². The number of nitrogens with zero attached hydrogens (tertiary/aromatic N) is 3. The number of halogens is 2. The van der Waals surface area contributed by atoms with Gasteiger partial charge in [-0.25, -0.2) is 0 Å². The minimum atomic E-state index is 0.129. The molecule has 1 rings (SSSR count). The molecule has 0 fully saturated rings. The fraction of sp³-hybridized carbons (Fsp3) is 0.286. The average Bonchev–Trinajstić information content (AvgIpc) is 2.45. The van der Waals surface area contributed by atoms with Gasteiger partial charge in [0.2, 0.25) is 0 Å². The van der Waals surface area contributed by atoms with Crippen LogP contribution in [0.25, 0.3) is 6.08 Å². The molecule has 0 N–H and O–H groups in total. The van der Waals surface area contributed by atoms with Crippen molar-refractivity contribution in [3.63, 3.8) is 0 Å². The molecule has 98 valence electrons. The highest BCUT2D eigenvalue weighted by Crippen LogP contribution is 2.17. The lowest BCUT2D eigenvalue weighted by Crippen LogP contribution is -2.27. The number of rotatable bonds is 6. The molecule has 0 amide bonds. The van der Waals surface area contributed by atoms with Crippen LogP contribution in [0, 0.1) is 22.7 Å². The Hall–Kier alpha value is -0.800. The third-order valence-electron chi connectivity index (χ3n) is 2.52. The summed E-state index contributed by atoms with van der Waals surface area (Å²) < 4.78 is 2.17. The van der Waals surface area contributed by atoms with Gasteiger partial charge in [-0.3, -0.25) is 0 Å². The summed E-state index contributed by atoms with van der Waals surface area (Å²) in [5, 5.41) is 17.4. The first kappa shape index (κ1) is 16.3. The molecule has 0 aromatic heterocycles. The monoisotopic (exact) mass is 477 g/mol. The van der Waals surface area contributed by atoms with Gasteiger partial charge in [0.05, 0.1) is 0 Å². The van der Waals surface area contributed by atoms with Gasteiger partial charge in [-0.05, 0) is 23.8 Å². The van der Waals surface area contributed by atoms with E-state index in [0.29, 0.717) is 0 Å². The topological polar surface area (TPSA) is 50.8 Å². The Balaban J connectivity index is 2.89. The van der Waals surface area contributed by atoms with E-state index in [4.69, 9.17) is 10.5 Å². The van der Waals surface area contributed by atoms with Gasteiger partial charge in [0.15, 0.2) is 0 Å². The predicted octanol–water partition coefficient (Wildman–Crippen LogP) is 3.79. The van der Waals surface area contributed by atoms with Crippen molar-refractivity contribution in [2.45, 2.75) is 0 Å². The zero-order valence-corrected chi connectivity index (χ0v) is 14.6. The maximum Gasteiger partial charge on any atom is 0.130 e. The third kappa shape index (κ3) is 5.37. The van der Waals surface area contributed by atoms with Gasteiger partial charge in [0.1, 0.15) is 17.7 Å². The maximum atomic E-state index is 8.72. The number of hydrogen-bond donors (Lipinski definition) is 0. The Bertz CT molecular complexity index is 487. The van der Waals surface area contributed by atoms with E-state index in [1.54, 1.807) is 6.08 Å². The molecule has 3 nitrogen and oxygen atoms in total. The van der Waals surface area contributed by atoms with Gasteiger partial charge < -0.3 is 4.90 Å². The third-order valence-corrected chi connectivity index (χ3v) is 3.48. The zero-order chi connectivity index (χ0) is 14.1. The molecule has 0 saturated carbocycles. The Morgan fingerprint density at radius 3 is 2.00 bits per heavy atom. The number of allylic oxidation sites excluding steroid dienone is 1. The van der Waals surface area contributed by atoms with Gasteiger partial charge in [0.25, 0.3) is 0 Å². The Morgan fingerprint density at radius 2 is 1.58 bits per heavy atom. The molecule has 0 spiro atoms. The van der Waals surface area contributed by atoms with E-state index in [0.717, 1.165) is 27.5 Å². The Morgan fingerprint density at radius 1 is 1.05 bits per heavy atom. The molecular formula is C14H13I2N3. The Kier molecular flexibility index (Phi) is 7.84. The van der Waals surface area contributed by atoms with Crippen LogP contribution in [0.5, 0.6) is 0 Å². The second-order valence-corrected chi connectivity index (χ2v) is 5.90. The van der Waals surface area contributed by atoms with Crippen molar-refractivity contribution in [2.75, 3.05) is 26.8 Å². The van der Waals surface area contributed by atoms with Crippen LogP contribution >= 0.6 is 45.2 Å². The van der Waals surface area contributed by atoms with Crippen LogP contribution in [0.1, 0.15) is 5.56 Å². The summed E-state index contributed by atoms with van der Waals surface area (Å²) in [7, 11) is 0. The van der Waals surface area contributed by atoms with Crippen molar-refractivity contribution in [2.24, 2.45) is 0 Å². The maximum absolute atomic E-state index is 8.72. The number of benzene rings is 1. The van der Waals surface area contributed by atoms with Crippen molar-refractivity contribution in [1.82, 2.24) is 0 Å². The quantitative estimate of drug-likeness (QED) is 0.356. The highest BCUT2D eigenvalue weighted by molar-refractivity contribution is 14.1. The molecule has 0 radical (unpaired) electrons. The highest BCUT2D eigenvalue weighted by Gasteiger charge is 2.04. The fourth-order valence-electron chi connectivity index (χ4n) is 1.61. The first-order valence-corrected chi connectivity index (χ1v) is 8.79. The standard InChI is InChI=1S/C14H13I2N3/c15-5-7-19(8-6-16)14-3-1-12(2-4-14)9-13(10-17)11-18/h1-4,9H,5-8H2. The van der Waals surface area contributed by atoms with Crippen LogP contribution in [-0.4, -0.2) is 21.9 Å². The minimum Gasteiger partial charge on any atom is -0.370 e. The van der Waals surface area contributed by atoms with Crippen LogP contribution in [0.2, 0.25) is 0 Å². The van der Waals surface area contributed by atoms with E-state index >= 15 is 0 Å². The van der Waals surface area contributed by atoms with Gasteiger partial charge in [-0.2, -0.15) is 10.5 Å². The summed E-state index contributed by atoms with van der Waals surface area (Å²) in [5.74, 6) is 0. The van der Waals surface area contributed by atoms with Crippen molar-refractivity contribution in [3.8, 4) is 12.1 Å². The molecule has 5 heteroatoms. The Labute approximate surface area is 141 Å². The van der Waals surface area contributed by atoms with Crippen LogP contribution in [0.3, 0.4) is 0 Å². The van der Waals surface area contributed by atoms with Gasteiger partial charge in [-0.1, -0.05) is 57.3 Å². The molecule has 1 aromatic rings. The van der Waals surface area contributed by atoms with Gasteiger partial charge in [0, 0.05) is 27.6 Å².